The molecule has 0 fully saturated rings. The number of pyridine rings is 1. The fourth-order valence-electron chi connectivity index (χ4n) is 1.83. The zero-order valence-corrected chi connectivity index (χ0v) is 9.45. The van der Waals surface area contributed by atoms with Gasteiger partial charge >= 0.3 is 0 Å². The third-order valence-corrected chi connectivity index (χ3v) is 2.73. The first-order valence-corrected chi connectivity index (χ1v) is 5.52. The van der Waals surface area contributed by atoms with Crippen LogP contribution in [0.2, 0.25) is 0 Å². The maximum Gasteiger partial charge on any atom is 0.258 e. The summed E-state index contributed by atoms with van der Waals surface area (Å²) in [5, 5.41) is 9.24. The fraction of sp³-hybridized carbons (Fsp3) is 0. The van der Waals surface area contributed by atoms with Crippen molar-refractivity contribution in [2.75, 3.05) is 0 Å². The summed E-state index contributed by atoms with van der Waals surface area (Å²) in [6, 6.07) is 13.5. The molecule has 88 valence electrons. The van der Waals surface area contributed by atoms with Gasteiger partial charge in [0.05, 0.1) is 5.69 Å². The van der Waals surface area contributed by atoms with E-state index in [0.29, 0.717) is 11.3 Å². The number of phenols is 1. The molecule has 1 aromatic carbocycles. The first kappa shape index (κ1) is 10.5. The number of rotatable bonds is 1. The summed E-state index contributed by atoms with van der Waals surface area (Å²) < 4.78 is 1.49. The van der Waals surface area contributed by atoms with Crippen LogP contribution < -0.4 is 5.56 Å². The van der Waals surface area contributed by atoms with Crippen LogP contribution in [0.1, 0.15) is 0 Å². The molecule has 0 aliphatic heterocycles. The number of aromatic nitrogens is 2. The van der Waals surface area contributed by atoms with E-state index in [-0.39, 0.29) is 11.3 Å². The molecular formula is C14H10N2O2. The molecule has 0 atom stereocenters. The monoisotopic (exact) mass is 238 g/mol. The van der Waals surface area contributed by atoms with Crippen molar-refractivity contribution in [3.63, 3.8) is 0 Å². The van der Waals surface area contributed by atoms with Gasteiger partial charge in [-0.25, -0.2) is 4.98 Å². The van der Waals surface area contributed by atoms with Crippen LogP contribution in [0.25, 0.3) is 16.9 Å². The van der Waals surface area contributed by atoms with Crippen molar-refractivity contribution >= 4 is 5.65 Å². The maximum atomic E-state index is 11.9. The summed E-state index contributed by atoms with van der Waals surface area (Å²) in [5.74, 6) is 0.191. The number of aromatic hydroxyl groups is 1. The highest BCUT2D eigenvalue weighted by atomic mass is 16.3. The Morgan fingerprint density at radius 1 is 1.06 bits per heavy atom. The molecule has 0 amide bonds. The molecular weight excluding hydrogens is 228 g/mol. The molecule has 2 aromatic heterocycles. The lowest BCUT2D eigenvalue weighted by atomic mass is 10.1. The van der Waals surface area contributed by atoms with Crippen molar-refractivity contribution in [1.82, 2.24) is 9.38 Å². The minimum Gasteiger partial charge on any atom is -0.508 e. The Bertz CT molecular complexity index is 761. The van der Waals surface area contributed by atoms with Gasteiger partial charge in [-0.1, -0.05) is 6.07 Å². The molecule has 4 nitrogen and oxygen atoms in total. The zero-order chi connectivity index (χ0) is 12.5. The summed E-state index contributed by atoms with van der Waals surface area (Å²) in [5.41, 5.74) is 1.89. The molecule has 3 aromatic rings. The Labute approximate surface area is 103 Å². The SMILES string of the molecule is O=c1cc(-c2ccc(O)cc2)nc2ccccn12. The van der Waals surface area contributed by atoms with E-state index in [1.165, 1.54) is 10.5 Å². The second-order valence-corrected chi connectivity index (χ2v) is 3.96. The molecule has 3 rings (SSSR count). The molecule has 0 spiro atoms. The van der Waals surface area contributed by atoms with Crippen LogP contribution in [0.4, 0.5) is 0 Å². The Morgan fingerprint density at radius 2 is 1.83 bits per heavy atom. The van der Waals surface area contributed by atoms with E-state index in [1.54, 1.807) is 42.6 Å². The summed E-state index contributed by atoms with van der Waals surface area (Å²) >= 11 is 0. The molecule has 0 aliphatic carbocycles. The van der Waals surface area contributed by atoms with Gasteiger partial charge in [-0.05, 0) is 36.4 Å². The Hall–Kier alpha value is -2.62. The van der Waals surface area contributed by atoms with E-state index >= 15 is 0 Å². The molecule has 1 N–H and O–H groups in total. The standard InChI is InChI=1S/C14H10N2O2/c17-11-6-4-10(5-7-11)12-9-14(18)16-8-2-1-3-13(16)15-12/h1-9,17H. The van der Waals surface area contributed by atoms with Gasteiger partial charge < -0.3 is 5.11 Å². The van der Waals surface area contributed by atoms with E-state index in [2.05, 4.69) is 4.98 Å². The molecule has 0 unspecified atom stereocenters. The van der Waals surface area contributed by atoms with E-state index in [1.807, 2.05) is 6.07 Å². The van der Waals surface area contributed by atoms with E-state index in [9.17, 15) is 9.90 Å². The lowest BCUT2D eigenvalue weighted by Gasteiger charge is -2.04. The average molecular weight is 238 g/mol. The quantitative estimate of drug-likeness (QED) is 0.706. The van der Waals surface area contributed by atoms with Gasteiger partial charge in [-0.3, -0.25) is 9.20 Å². The van der Waals surface area contributed by atoms with Crippen LogP contribution in [0.15, 0.2) is 59.5 Å². The van der Waals surface area contributed by atoms with Crippen molar-refractivity contribution in [1.29, 1.82) is 0 Å². The second kappa shape index (κ2) is 4.00. The molecule has 0 aliphatic rings. The molecule has 0 radical (unpaired) electrons. The lowest BCUT2D eigenvalue weighted by molar-refractivity contribution is 0.475. The third-order valence-electron chi connectivity index (χ3n) is 2.73. The van der Waals surface area contributed by atoms with Crippen molar-refractivity contribution in [2.24, 2.45) is 0 Å². The number of benzene rings is 1. The van der Waals surface area contributed by atoms with Gasteiger partial charge in [0.1, 0.15) is 11.4 Å². The van der Waals surface area contributed by atoms with Gasteiger partial charge in [-0.2, -0.15) is 0 Å². The minimum atomic E-state index is -0.122. The number of fused-ring (bicyclic) bond motifs is 1. The molecule has 0 saturated heterocycles. The molecule has 2 heterocycles. The lowest BCUT2D eigenvalue weighted by Crippen LogP contribution is -2.13. The largest absolute Gasteiger partial charge is 0.508 e. The minimum absolute atomic E-state index is 0.122. The smallest absolute Gasteiger partial charge is 0.258 e. The average Bonchev–Trinajstić information content (AvgIpc) is 2.39. The van der Waals surface area contributed by atoms with Crippen LogP contribution in [0.5, 0.6) is 5.75 Å². The summed E-state index contributed by atoms with van der Waals surface area (Å²) in [4.78, 5) is 16.3. The van der Waals surface area contributed by atoms with Crippen LogP contribution in [-0.4, -0.2) is 14.5 Å². The van der Waals surface area contributed by atoms with Gasteiger partial charge in [-0.15, -0.1) is 0 Å². The van der Waals surface area contributed by atoms with Crippen LogP contribution >= 0.6 is 0 Å². The zero-order valence-electron chi connectivity index (χ0n) is 9.45. The van der Waals surface area contributed by atoms with Crippen LogP contribution in [-0.2, 0) is 0 Å². The van der Waals surface area contributed by atoms with E-state index in [4.69, 9.17) is 0 Å². The Kier molecular flexibility index (Phi) is 2.34. The highest BCUT2D eigenvalue weighted by molar-refractivity contribution is 5.62. The predicted octanol–water partition coefficient (Wildman–Crippen LogP) is 2.07. The number of phenolic OH excluding ortho intramolecular Hbond substituents is 1. The Morgan fingerprint density at radius 3 is 2.61 bits per heavy atom. The van der Waals surface area contributed by atoms with E-state index in [0.717, 1.165) is 5.56 Å². The fourth-order valence-corrected chi connectivity index (χ4v) is 1.83. The maximum absolute atomic E-state index is 11.9. The summed E-state index contributed by atoms with van der Waals surface area (Å²) in [7, 11) is 0. The highest BCUT2D eigenvalue weighted by Gasteiger charge is 2.04. The van der Waals surface area contributed by atoms with Gasteiger partial charge in [0.25, 0.3) is 5.56 Å². The Balaban J connectivity index is 2.24. The first-order chi connectivity index (χ1) is 8.74. The molecule has 0 bridgehead atoms. The van der Waals surface area contributed by atoms with Crippen molar-refractivity contribution in [2.45, 2.75) is 0 Å². The number of hydrogen-bond donors (Lipinski definition) is 1. The second-order valence-electron chi connectivity index (χ2n) is 3.96. The van der Waals surface area contributed by atoms with Crippen LogP contribution in [0, 0.1) is 0 Å². The summed E-state index contributed by atoms with van der Waals surface area (Å²) in [6.07, 6.45) is 1.69. The van der Waals surface area contributed by atoms with Crippen molar-refractivity contribution in [3.8, 4) is 17.0 Å². The van der Waals surface area contributed by atoms with Crippen LogP contribution in [0.3, 0.4) is 0 Å². The molecule has 18 heavy (non-hydrogen) atoms. The predicted molar refractivity (Wildman–Crippen MR) is 68.6 cm³/mol. The normalized spacial score (nSPS) is 10.7. The number of nitrogens with zero attached hydrogens (tertiary/aromatic N) is 2. The summed E-state index contributed by atoms with van der Waals surface area (Å²) in [6.45, 7) is 0. The van der Waals surface area contributed by atoms with Crippen molar-refractivity contribution < 1.29 is 5.11 Å². The van der Waals surface area contributed by atoms with Gasteiger partial charge in [0.15, 0.2) is 0 Å². The number of hydrogen-bond acceptors (Lipinski definition) is 3. The topological polar surface area (TPSA) is 54.6 Å². The van der Waals surface area contributed by atoms with E-state index < -0.39 is 0 Å². The molecule has 4 heteroatoms. The molecule has 0 saturated carbocycles. The first-order valence-electron chi connectivity index (χ1n) is 5.52. The van der Waals surface area contributed by atoms with Gasteiger partial charge in [0, 0.05) is 17.8 Å². The van der Waals surface area contributed by atoms with Gasteiger partial charge in [0.2, 0.25) is 0 Å². The third kappa shape index (κ3) is 1.73. The highest BCUT2D eigenvalue weighted by Crippen LogP contribution is 2.19. The van der Waals surface area contributed by atoms with Crippen molar-refractivity contribution in [3.05, 3.63) is 65.1 Å².